The van der Waals surface area contributed by atoms with Crippen LogP contribution in [0.4, 0.5) is 10.1 Å². The van der Waals surface area contributed by atoms with Crippen molar-refractivity contribution in [1.82, 2.24) is 0 Å². The van der Waals surface area contributed by atoms with Crippen LogP contribution in [0.15, 0.2) is 78.9 Å². The standard InChI is InChI=1S/C29H27FN2O4/c1-4-8-21-15-20(16-23(18-31)29(33)32-24-11-13-25(34-3)14-12-24)17-27(35-5-2)28(21)36-19-22-9-6-7-10-26(22)30/h4,6-7,9-17H,1,5,8,19H2,2-3H3,(H,32,33)/b23-16+. The second-order valence-corrected chi connectivity index (χ2v) is 7.67. The SMILES string of the molecule is C=CCc1cc(/C=C(\C#N)C(=O)Nc2ccc(OC)cc2)cc(OCC)c1OCc1ccccc1F. The Morgan fingerprint density at radius 3 is 2.50 bits per heavy atom. The van der Waals surface area contributed by atoms with Crippen LogP contribution in [0.5, 0.6) is 17.2 Å². The van der Waals surface area contributed by atoms with Crippen molar-refractivity contribution >= 4 is 17.7 Å². The number of rotatable bonds is 11. The summed E-state index contributed by atoms with van der Waals surface area (Å²) in [6, 6.07) is 18.6. The summed E-state index contributed by atoms with van der Waals surface area (Å²) in [5.41, 5.74) is 2.16. The molecule has 184 valence electrons. The molecule has 3 aromatic rings. The van der Waals surface area contributed by atoms with Crippen LogP contribution >= 0.6 is 0 Å². The van der Waals surface area contributed by atoms with Crippen molar-refractivity contribution in [2.75, 3.05) is 19.0 Å². The van der Waals surface area contributed by atoms with Gasteiger partial charge in [0.25, 0.3) is 5.91 Å². The van der Waals surface area contributed by atoms with Crippen LogP contribution in [0.25, 0.3) is 6.08 Å². The molecule has 0 unspecified atom stereocenters. The maximum Gasteiger partial charge on any atom is 0.266 e. The molecule has 3 rings (SSSR count). The molecule has 0 radical (unpaired) electrons. The van der Waals surface area contributed by atoms with Crippen molar-refractivity contribution in [3.8, 4) is 23.3 Å². The normalized spacial score (nSPS) is 10.8. The number of ether oxygens (including phenoxy) is 3. The van der Waals surface area contributed by atoms with E-state index in [0.29, 0.717) is 47.1 Å². The maximum absolute atomic E-state index is 14.1. The molecule has 0 saturated heterocycles. The van der Waals surface area contributed by atoms with Gasteiger partial charge in [0.15, 0.2) is 11.5 Å². The molecular formula is C29H27FN2O4. The molecule has 0 heterocycles. The van der Waals surface area contributed by atoms with Gasteiger partial charge >= 0.3 is 0 Å². The van der Waals surface area contributed by atoms with Crippen LogP contribution in [0.3, 0.4) is 0 Å². The summed E-state index contributed by atoms with van der Waals surface area (Å²) < 4.78 is 31.0. The van der Waals surface area contributed by atoms with Crippen molar-refractivity contribution in [3.63, 3.8) is 0 Å². The lowest BCUT2D eigenvalue weighted by Gasteiger charge is -2.17. The molecule has 0 bridgehead atoms. The van der Waals surface area contributed by atoms with E-state index in [2.05, 4.69) is 11.9 Å². The van der Waals surface area contributed by atoms with Gasteiger partial charge in [-0.3, -0.25) is 4.79 Å². The van der Waals surface area contributed by atoms with E-state index < -0.39 is 5.91 Å². The minimum atomic E-state index is -0.550. The van der Waals surface area contributed by atoms with Gasteiger partial charge in [-0.05, 0) is 67.4 Å². The molecule has 0 atom stereocenters. The van der Waals surface area contributed by atoms with E-state index in [4.69, 9.17) is 14.2 Å². The molecule has 0 saturated carbocycles. The lowest BCUT2D eigenvalue weighted by Crippen LogP contribution is -2.13. The Morgan fingerprint density at radius 1 is 1.11 bits per heavy atom. The van der Waals surface area contributed by atoms with Gasteiger partial charge in [0.2, 0.25) is 0 Å². The zero-order chi connectivity index (χ0) is 25.9. The minimum Gasteiger partial charge on any atom is -0.497 e. The molecule has 0 aliphatic carbocycles. The maximum atomic E-state index is 14.1. The average molecular weight is 487 g/mol. The zero-order valence-electron chi connectivity index (χ0n) is 20.2. The first-order valence-corrected chi connectivity index (χ1v) is 11.3. The molecule has 1 amide bonds. The van der Waals surface area contributed by atoms with E-state index in [1.807, 2.05) is 13.0 Å². The Kier molecular flexibility index (Phi) is 9.24. The van der Waals surface area contributed by atoms with Crippen LogP contribution in [-0.4, -0.2) is 19.6 Å². The number of allylic oxidation sites excluding steroid dienone is 1. The third-order valence-corrected chi connectivity index (χ3v) is 5.17. The van der Waals surface area contributed by atoms with Gasteiger partial charge < -0.3 is 19.5 Å². The minimum absolute atomic E-state index is 0.0137. The van der Waals surface area contributed by atoms with E-state index in [1.54, 1.807) is 67.8 Å². The fraction of sp³-hybridized carbons (Fsp3) is 0.172. The van der Waals surface area contributed by atoms with Gasteiger partial charge in [0.1, 0.15) is 29.8 Å². The highest BCUT2D eigenvalue weighted by Gasteiger charge is 2.16. The van der Waals surface area contributed by atoms with E-state index in [0.717, 1.165) is 5.56 Å². The molecule has 0 aromatic heterocycles. The number of anilines is 1. The van der Waals surface area contributed by atoms with Crippen molar-refractivity contribution in [2.24, 2.45) is 0 Å². The monoisotopic (exact) mass is 486 g/mol. The number of nitrogens with zero attached hydrogens (tertiary/aromatic N) is 1. The third-order valence-electron chi connectivity index (χ3n) is 5.17. The molecule has 7 heteroatoms. The number of nitrogens with one attached hydrogen (secondary N) is 1. The molecule has 0 aliphatic heterocycles. The van der Waals surface area contributed by atoms with Crippen LogP contribution in [0, 0.1) is 17.1 Å². The second-order valence-electron chi connectivity index (χ2n) is 7.67. The van der Waals surface area contributed by atoms with Crippen LogP contribution in [-0.2, 0) is 17.8 Å². The molecule has 0 aliphatic rings. The lowest BCUT2D eigenvalue weighted by molar-refractivity contribution is -0.112. The van der Waals surface area contributed by atoms with Crippen molar-refractivity contribution in [1.29, 1.82) is 5.26 Å². The quantitative estimate of drug-likeness (QED) is 0.202. The Morgan fingerprint density at radius 2 is 1.86 bits per heavy atom. The highest BCUT2D eigenvalue weighted by molar-refractivity contribution is 6.09. The van der Waals surface area contributed by atoms with E-state index in [9.17, 15) is 14.4 Å². The number of amides is 1. The van der Waals surface area contributed by atoms with E-state index >= 15 is 0 Å². The third kappa shape index (κ3) is 6.73. The molecule has 36 heavy (non-hydrogen) atoms. The Labute approximate surface area is 210 Å². The van der Waals surface area contributed by atoms with E-state index in [1.165, 1.54) is 12.1 Å². The molecule has 1 N–H and O–H groups in total. The average Bonchev–Trinajstić information content (AvgIpc) is 2.88. The zero-order valence-corrected chi connectivity index (χ0v) is 20.2. The summed E-state index contributed by atoms with van der Waals surface area (Å²) in [4.78, 5) is 12.7. The largest absolute Gasteiger partial charge is 0.497 e. The first-order chi connectivity index (χ1) is 17.5. The van der Waals surface area contributed by atoms with Gasteiger partial charge in [-0.1, -0.05) is 24.3 Å². The predicted molar refractivity (Wildman–Crippen MR) is 137 cm³/mol. The molecule has 0 fully saturated rings. The van der Waals surface area contributed by atoms with Gasteiger partial charge in [-0.25, -0.2) is 4.39 Å². The number of hydrogen-bond acceptors (Lipinski definition) is 5. The number of halogens is 1. The smallest absolute Gasteiger partial charge is 0.266 e. The first kappa shape index (κ1) is 26.0. The topological polar surface area (TPSA) is 80.6 Å². The van der Waals surface area contributed by atoms with Crippen LogP contribution in [0.1, 0.15) is 23.6 Å². The lowest BCUT2D eigenvalue weighted by atomic mass is 10.0. The number of carbonyl (C=O) groups is 1. The summed E-state index contributed by atoms with van der Waals surface area (Å²) >= 11 is 0. The number of nitriles is 1. The molecule has 3 aromatic carbocycles. The molecule has 6 nitrogen and oxygen atoms in total. The summed E-state index contributed by atoms with van der Waals surface area (Å²) in [7, 11) is 1.55. The van der Waals surface area contributed by atoms with Crippen molar-refractivity contribution in [3.05, 3.63) is 101 Å². The molecular weight excluding hydrogens is 459 g/mol. The van der Waals surface area contributed by atoms with Crippen molar-refractivity contribution < 1.29 is 23.4 Å². The fourth-order valence-corrected chi connectivity index (χ4v) is 3.45. The Balaban J connectivity index is 1.91. The van der Waals surface area contributed by atoms with Crippen molar-refractivity contribution in [2.45, 2.75) is 20.0 Å². The second kappa shape index (κ2) is 12.8. The Hall–Kier alpha value is -4.57. The van der Waals surface area contributed by atoms with Crippen LogP contribution < -0.4 is 19.5 Å². The highest BCUT2D eigenvalue weighted by atomic mass is 19.1. The summed E-state index contributed by atoms with van der Waals surface area (Å²) in [6.45, 7) is 6.01. The highest BCUT2D eigenvalue weighted by Crippen LogP contribution is 2.35. The number of hydrogen-bond donors (Lipinski definition) is 1. The fourth-order valence-electron chi connectivity index (χ4n) is 3.45. The van der Waals surface area contributed by atoms with Gasteiger partial charge in [0, 0.05) is 16.8 Å². The summed E-state index contributed by atoms with van der Waals surface area (Å²) in [5.74, 6) is 0.623. The van der Waals surface area contributed by atoms with E-state index in [-0.39, 0.29) is 18.0 Å². The summed E-state index contributed by atoms with van der Waals surface area (Å²) in [6.07, 6.45) is 3.62. The number of methoxy groups -OCH3 is 1. The van der Waals surface area contributed by atoms with Gasteiger partial charge in [-0.15, -0.1) is 6.58 Å². The summed E-state index contributed by atoms with van der Waals surface area (Å²) in [5, 5.41) is 12.4. The number of benzene rings is 3. The predicted octanol–water partition coefficient (Wildman–Crippen LogP) is 6.09. The first-order valence-electron chi connectivity index (χ1n) is 11.3. The number of carbonyl (C=O) groups excluding carboxylic acids is 1. The Bertz CT molecular complexity index is 1290. The molecule has 0 spiro atoms. The van der Waals surface area contributed by atoms with Gasteiger partial charge in [0.05, 0.1) is 13.7 Å². The van der Waals surface area contributed by atoms with Gasteiger partial charge in [-0.2, -0.15) is 5.26 Å². The van der Waals surface area contributed by atoms with Crippen LogP contribution in [0.2, 0.25) is 0 Å².